The second kappa shape index (κ2) is 8.34. The van der Waals surface area contributed by atoms with Crippen molar-refractivity contribution < 1.29 is 4.39 Å². The Kier molecular flexibility index (Phi) is 7.11. The Morgan fingerprint density at radius 3 is 2.79 bits per heavy atom. The number of hydrogen-bond donors (Lipinski definition) is 1. The molecule has 0 saturated carbocycles. The van der Waals surface area contributed by atoms with Crippen molar-refractivity contribution in [3.8, 4) is 0 Å². The lowest BCUT2D eigenvalue weighted by Gasteiger charge is -2.06. The first-order valence-corrected chi connectivity index (χ1v) is 7.17. The van der Waals surface area contributed by atoms with E-state index in [0.717, 1.165) is 31.5 Å². The normalized spacial score (nSPS) is 12.2. The molecule has 0 aliphatic rings. The van der Waals surface area contributed by atoms with E-state index in [4.69, 9.17) is 11.6 Å². The molecule has 0 amide bonds. The van der Waals surface area contributed by atoms with Gasteiger partial charge in [-0.15, -0.1) is 0 Å². The number of rotatable bonds is 7. The maximum absolute atomic E-state index is 13.3. The molecule has 1 nitrogen and oxygen atoms in total. The Balaban J connectivity index is 2.37. The maximum Gasteiger partial charge on any atom is 0.142 e. The number of allylic oxidation sites excluding steroid dienone is 1. The highest BCUT2D eigenvalue weighted by molar-refractivity contribution is 6.30. The zero-order chi connectivity index (χ0) is 14.3. The summed E-state index contributed by atoms with van der Waals surface area (Å²) in [6.45, 7) is 8.51. The summed E-state index contributed by atoms with van der Waals surface area (Å²) in [4.78, 5) is 0. The van der Waals surface area contributed by atoms with E-state index in [9.17, 15) is 4.39 Å². The van der Waals surface area contributed by atoms with Crippen molar-refractivity contribution in [2.24, 2.45) is 5.92 Å². The number of nitrogens with one attached hydrogen (secondary N) is 1. The molecule has 0 atom stereocenters. The van der Waals surface area contributed by atoms with Crippen LogP contribution >= 0.6 is 11.6 Å². The molecule has 0 aromatic heterocycles. The van der Waals surface area contributed by atoms with Gasteiger partial charge in [0.2, 0.25) is 0 Å². The topological polar surface area (TPSA) is 12.0 Å². The summed E-state index contributed by atoms with van der Waals surface area (Å²) in [6.07, 6.45) is 3.99. The van der Waals surface area contributed by atoms with Gasteiger partial charge in [0.25, 0.3) is 0 Å². The first kappa shape index (κ1) is 16.2. The van der Waals surface area contributed by atoms with Gasteiger partial charge in [0.05, 0.1) is 5.02 Å². The Morgan fingerprint density at radius 1 is 1.42 bits per heavy atom. The molecule has 3 heteroatoms. The van der Waals surface area contributed by atoms with E-state index in [2.05, 4.69) is 32.2 Å². The van der Waals surface area contributed by atoms with Gasteiger partial charge in [-0.25, -0.2) is 4.39 Å². The summed E-state index contributed by atoms with van der Waals surface area (Å²) >= 11 is 5.66. The predicted octanol–water partition coefficient (Wildman–Crippen LogP) is 4.60. The SMILES string of the molecule is C/C(=C/CCNCC(C)C)Cc1ccc(Cl)c(F)c1. The van der Waals surface area contributed by atoms with Crippen LogP contribution < -0.4 is 5.32 Å². The van der Waals surface area contributed by atoms with Crippen LogP contribution in [0.15, 0.2) is 29.8 Å². The molecule has 0 saturated heterocycles. The Morgan fingerprint density at radius 2 is 2.16 bits per heavy atom. The highest BCUT2D eigenvalue weighted by Crippen LogP contribution is 2.17. The van der Waals surface area contributed by atoms with Crippen molar-refractivity contribution in [1.82, 2.24) is 5.32 Å². The molecular formula is C16H23ClFN. The predicted molar refractivity (Wildman–Crippen MR) is 81.2 cm³/mol. The van der Waals surface area contributed by atoms with Crippen LogP contribution in [-0.2, 0) is 6.42 Å². The fourth-order valence-electron chi connectivity index (χ4n) is 1.86. The second-order valence-corrected chi connectivity index (χ2v) is 5.77. The van der Waals surface area contributed by atoms with Gasteiger partial charge >= 0.3 is 0 Å². The highest BCUT2D eigenvalue weighted by atomic mass is 35.5. The van der Waals surface area contributed by atoms with Crippen LogP contribution in [0, 0.1) is 11.7 Å². The van der Waals surface area contributed by atoms with Crippen molar-refractivity contribution in [3.63, 3.8) is 0 Å². The molecule has 0 fully saturated rings. The maximum atomic E-state index is 13.3. The largest absolute Gasteiger partial charge is 0.316 e. The van der Waals surface area contributed by atoms with Crippen molar-refractivity contribution in [2.45, 2.75) is 33.6 Å². The van der Waals surface area contributed by atoms with Crippen molar-refractivity contribution in [2.75, 3.05) is 13.1 Å². The lowest BCUT2D eigenvalue weighted by atomic mass is 10.1. The average Bonchev–Trinajstić information content (AvgIpc) is 2.33. The number of benzene rings is 1. The molecule has 0 radical (unpaired) electrons. The van der Waals surface area contributed by atoms with Crippen LogP contribution in [0.1, 0.15) is 32.8 Å². The summed E-state index contributed by atoms with van der Waals surface area (Å²) in [5, 5.41) is 3.58. The highest BCUT2D eigenvalue weighted by Gasteiger charge is 2.01. The molecule has 0 heterocycles. The molecule has 106 valence electrons. The first-order chi connectivity index (χ1) is 8.99. The fraction of sp³-hybridized carbons (Fsp3) is 0.500. The van der Waals surface area contributed by atoms with Gasteiger partial charge in [0.15, 0.2) is 0 Å². The average molecular weight is 284 g/mol. The van der Waals surface area contributed by atoms with Crippen molar-refractivity contribution in [3.05, 3.63) is 46.3 Å². The van der Waals surface area contributed by atoms with Crippen LogP contribution in [0.5, 0.6) is 0 Å². The van der Waals surface area contributed by atoms with E-state index in [0.29, 0.717) is 5.92 Å². The quantitative estimate of drug-likeness (QED) is 0.569. The zero-order valence-corrected chi connectivity index (χ0v) is 12.7. The molecule has 1 N–H and O–H groups in total. The van der Waals surface area contributed by atoms with Gasteiger partial charge in [-0.2, -0.15) is 0 Å². The van der Waals surface area contributed by atoms with E-state index in [-0.39, 0.29) is 10.8 Å². The van der Waals surface area contributed by atoms with Gasteiger partial charge < -0.3 is 5.32 Å². The third-order valence-corrected chi connectivity index (χ3v) is 3.14. The monoisotopic (exact) mass is 283 g/mol. The van der Waals surface area contributed by atoms with Crippen molar-refractivity contribution in [1.29, 1.82) is 0 Å². The van der Waals surface area contributed by atoms with Gasteiger partial charge in [-0.1, -0.05) is 43.2 Å². The summed E-state index contributed by atoms with van der Waals surface area (Å²) in [5.74, 6) is 0.340. The van der Waals surface area contributed by atoms with Crippen LogP contribution in [0.3, 0.4) is 0 Å². The summed E-state index contributed by atoms with van der Waals surface area (Å²) in [6, 6.07) is 5.00. The molecule has 0 bridgehead atoms. The van der Waals surface area contributed by atoms with Crippen LogP contribution in [-0.4, -0.2) is 13.1 Å². The fourth-order valence-corrected chi connectivity index (χ4v) is 1.97. The van der Waals surface area contributed by atoms with E-state index in [1.54, 1.807) is 6.07 Å². The van der Waals surface area contributed by atoms with Gasteiger partial charge in [-0.05, 0) is 56.5 Å². The van der Waals surface area contributed by atoms with E-state index < -0.39 is 0 Å². The molecule has 1 aromatic carbocycles. The summed E-state index contributed by atoms with van der Waals surface area (Å²) in [5.41, 5.74) is 2.22. The number of hydrogen-bond acceptors (Lipinski definition) is 1. The second-order valence-electron chi connectivity index (χ2n) is 5.36. The molecule has 0 aliphatic carbocycles. The summed E-state index contributed by atoms with van der Waals surface area (Å²) in [7, 11) is 0. The standard InChI is InChI=1S/C16H23ClFN/c1-12(2)11-19-8-4-5-13(3)9-14-6-7-15(17)16(18)10-14/h5-7,10,12,19H,4,8-9,11H2,1-3H3/b13-5-. The Labute approximate surface area is 120 Å². The van der Waals surface area contributed by atoms with Gasteiger partial charge in [-0.3, -0.25) is 0 Å². The molecule has 0 spiro atoms. The lowest BCUT2D eigenvalue weighted by Crippen LogP contribution is -2.20. The molecule has 0 unspecified atom stereocenters. The third kappa shape index (κ3) is 6.74. The van der Waals surface area contributed by atoms with E-state index >= 15 is 0 Å². The van der Waals surface area contributed by atoms with Gasteiger partial charge in [0, 0.05) is 0 Å². The molecular weight excluding hydrogens is 261 g/mol. The molecule has 0 aliphatic heterocycles. The zero-order valence-electron chi connectivity index (χ0n) is 12.0. The minimum Gasteiger partial charge on any atom is -0.316 e. The van der Waals surface area contributed by atoms with Gasteiger partial charge in [0.1, 0.15) is 5.82 Å². The molecule has 1 aromatic rings. The summed E-state index contributed by atoms with van der Waals surface area (Å²) < 4.78 is 13.3. The Hall–Kier alpha value is -0.860. The number of halogens is 2. The first-order valence-electron chi connectivity index (χ1n) is 6.79. The van der Waals surface area contributed by atoms with Crippen LogP contribution in [0.4, 0.5) is 4.39 Å². The van der Waals surface area contributed by atoms with E-state index in [1.807, 2.05) is 6.07 Å². The van der Waals surface area contributed by atoms with Crippen LogP contribution in [0.2, 0.25) is 5.02 Å². The van der Waals surface area contributed by atoms with E-state index in [1.165, 1.54) is 11.6 Å². The Bertz CT molecular complexity index is 427. The minimum absolute atomic E-state index is 0.184. The van der Waals surface area contributed by atoms with Crippen LogP contribution in [0.25, 0.3) is 0 Å². The minimum atomic E-state index is -0.342. The lowest BCUT2D eigenvalue weighted by molar-refractivity contribution is 0.556. The molecule has 1 rings (SSSR count). The molecule has 19 heavy (non-hydrogen) atoms. The van der Waals surface area contributed by atoms with Crippen molar-refractivity contribution >= 4 is 11.6 Å². The smallest absolute Gasteiger partial charge is 0.142 e. The third-order valence-electron chi connectivity index (χ3n) is 2.83.